The molecule has 8 nitrogen and oxygen atoms in total. The standard InChI is InChI=1S/C17H20ClN3O5S/c1-9-5-15(21-26-9)20-17(23)10(2)27-8-16(22)19-12-7-13(24-3)11(18)6-14(12)25-4/h5-7,10H,8H2,1-4H3,(H,19,22)(H,20,21,23)/t10-/m0/s1. The molecule has 1 heterocycles. The molecule has 0 spiro atoms. The second-order valence-electron chi connectivity index (χ2n) is 5.50. The van der Waals surface area contributed by atoms with Gasteiger partial charge in [0.25, 0.3) is 0 Å². The van der Waals surface area contributed by atoms with Crippen molar-refractivity contribution in [3.63, 3.8) is 0 Å². The van der Waals surface area contributed by atoms with E-state index in [1.165, 1.54) is 26.0 Å². The lowest BCUT2D eigenvalue weighted by atomic mass is 10.2. The average Bonchev–Trinajstić information content (AvgIpc) is 3.05. The molecular weight excluding hydrogens is 394 g/mol. The summed E-state index contributed by atoms with van der Waals surface area (Å²) in [6.07, 6.45) is 0. The first kappa shape index (κ1) is 20.9. The molecule has 0 aliphatic rings. The second-order valence-corrected chi connectivity index (χ2v) is 7.24. The molecule has 0 bridgehead atoms. The third kappa shape index (κ3) is 5.80. The van der Waals surface area contributed by atoms with Gasteiger partial charge in [-0.15, -0.1) is 11.8 Å². The van der Waals surface area contributed by atoms with E-state index >= 15 is 0 Å². The number of halogens is 1. The summed E-state index contributed by atoms with van der Waals surface area (Å²) in [6.45, 7) is 3.43. The maximum atomic E-state index is 12.2. The molecule has 10 heteroatoms. The number of thioether (sulfide) groups is 1. The number of carbonyl (C=O) groups excluding carboxylic acids is 2. The Hall–Kier alpha value is -2.39. The third-order valence-electron chi connectivity index (χ3n) is 3.46. The van der Waals surface area contributed by atoms with Gasteiger partial charge in [-0.3, -0.25) is 9.59 Å². The molecule has 0 saturated carbocycles. The van der Waals surface area contributed by atoms with Crippen LogP contribution in [-0.4, -0.2) is 42.2 Å². The zero-order valence-electron chi connectivity index (χ0n) is 15.3. The molecule has 0 unspecified atom stereocenters. The molecule has 27 heavy (non-hydrogen) atoms. The van der Waals surface area contributed by atoms with Crippen LogP contribution in [0.15, 0.2) is 22.7 Å². The predicted molar refractivity (Wildman–Crippen MR) is 105 cm³/mol. The van der Waals surface area contributed by atoms with E-state index in [4.69, 9.17) is 25.6 Å². The Morgan fingerprint density at radius 1 is 1.22 bits per heavy atom. The van der Waals surface area contributed by atoms with E-state index < -0.39 is 5.25 Å². The summed E-state index contributed by atoms with van der Waals surface area (Å²) in [5.74, 6) is 1.26. The highest BCUT2D eigenvalue weighted by atomic mass is 35.5. The van der Waals surface area contributed by atoms with Gasteiger partial charge in [-0.2, -0.15) is 0 Å². The third-order valence-corrected chi connectivity index (χ3v) is 4.90. The monoisotopic (exact) mass is 413 g/mol. The molecule has 0 saturated heterocycles. The van der Waals surface area contributed by atoms with Gasteiger partial charge in [0, 0.05) is 18.2 Å². The minimum atomic E-state index is -0.464. The lowest BCUT2D eigenvalue weighted by molar-refractivity contribution is -0.115. The van der Waals surface area contributed by atoms with Crippen LogP contribution in [0.5, 0.6) is 11.5 Å². The molecular formula is C17H20ClN3O5S. The minimum Gasteiger partial charge on any atom is -0.495 e. The summed E-state index contributed by atoms with van der Waals surface area (Å²) in [5, 5.41) is 8.96. The van der Waals surface area contributed by atoms with Crippen molar-refractivity contribution >= 4 is 46.7 Å². The van der Waals surface area contributed by atoms with E-state index in [0.29, 0.717) is 33.8 Å². The Balaban J connectivity index is 1.91. The lowest BCUT2D eigenvalue weighted by Crippen LogP contribution is -2.25. The summed E-state index contributed by atoms with van der Waals surface area (Å²) < 4.78 is 15.3. The number of hydrogen-bond acceptors (Lipinski definition) is 7. The number of hydrogen-bond donors (Lipinski definition) is 2. The Bertz CT molecular complexity index is 827. The van der Waals surface area contributed by atoms with Gasteiger partial charge in [0.15, 0.2) is 5.82 Å². The van der Waals surface area contributed by atoms with Crippen LogP contribution in [0, 0.1) is 6.92 Å². The van der Waals surface area contributed by atoms with Gasteiger partial charge in [0.2, 0.25) is 11.8 Å². The average molecular weight is 414 g/mol. The van der Waals surface area contributed by atoms with Crippen LogP contribution < -0.4 is 20.1 Å². The summed E-state index contributed by atoms with van der Waals surface area (Å²) >= 11 is 7.23. The fourth-order valence-corrected chi connectivity index (χ4v) is 2.99. The number of ether oxygens (including phenoxy) is 2. The number of methoxy groups -OCH3 is 2. The van der Waals surface area contributed by atoms with E-state index in [2.05, 4.69) is 15.8 Å². The van der Waals surface area contributed by atoms with Crippen molar-refractivity contribution < 1.29 is 23.6 Å². The molecule has 1 aromatic heterocycles. The van der Waals surface area contributed by atoms with Crippen LogP contribution in [0.4, 0.5) is 11.5 Å². The van der Waals surface area contributed by atoms with E-state index in [9.17, 15) is 9.59 Å². The summed E-state index contributed by atoms with van der Waals surface area (Å²) in [5.41, 5.74) is 0.430. The van der Waals surface area contributed by atoms with Crippen molar-refractivity contribution in [1.82, 2.24) is 5.16 Å². The highest BCUT2D eigenvalue weighted by Crippen LogP contribution is 2.35. The first-order valence-electron chi connectivity index (χ1n) is 7.91. The van der Waals surface area contributed by atoms with Crippen molar-refractivity contribution in [3.8, 4) is 11.5 Å². The number of rotatable bonds is 8. The number of benzene rings is 1. The molecule has 2 N–H and O–H groups in total. The maximum Gasteiger partial charge on any atom is 0.238 e. The number of carbonyl (C=O) groups is 2. The van der Waals surface area contributed by atoms with Crippen LogP contribution in [0.25, 0.3) is 0 Å². The molecule has 2 amide bonds. The highest BCUT2D eigenvalue weighted by Gasteiger charge is 2.18. The zero-order chi connectivity index (χ0) is 20.0. The first-order valence-corrected chi connectivity index (χ1v) is 9.34. The number of aryl methyl sites for hydroxylation is 1. The molecule has 2 rings (SSSR count). The van der Waals surface area contributed by atoms with Crippen molar-refractivity contribution in [2.45, 2.75) is 19.1 Å². The van der Waals surface area contributed by atoms with Gasteiger partial charge in [0.1, 0.15) is 17.3 Å². The molecule has 1 aromatic carbocycles. The predicted octanol–water partition coefficient (Wildman–Crippen LogP) is 3.35. The smallest absolute Gasteiger partial charge is 0.238 e. The van der Waals surface area contributed by atoms with Crippen LogP contribution in [0.2, 0.25) is 5.02 Å². The maximum absolute atomic E-state index is 12.2. The van der Waals surface area contributed by atoms with Gasteiger partial charge in [-0.25, -0.2) is 0 Å². The van der Waals surface area contributed by atoms with Crippen molar-refractivity contribution in [2.24, 2.45) is 0 Å². The number of nitrogens with zero attached hydrogens (tertiary/aromatic N) is 1. The number of aromatic nitrogens is 1. The lowest BCUT2D eigenvalue weighted by Gasteiger charge is -2.14. The van der Waals surface area contributed by atoms with Gasteiger partial charge in [-0.1, -0.05) is 16.8 Å². The van der Waals surface area contributed by atoms with Gasteiger partial charge < -0.3 is 24.6 Å². The number of anilines is 2. The van der Waals surface area contributed by atoms with E-state index in [1.807, 2.05) is 0 Å². The molecule has 2 aromatic rings. The molecule has 0 radical (unpaired) electrons. The van der Waals surface area contributed by atoms with Gasteiger partial charge in [0.05, 0.1) is 35.9 Å². The zero-order valence-corrected chi connectivity index (χ0v) is 16.9. The Morgan fingerprint density at radius 3 is 2.52 bits per heavy atom. The second kappa shape index (κ2) is 9.52. The Kier molecular flexibility index (Phi) is 7.37. The molecule has 0 aliphatic heterocycles. The van der Waals surface area contributed by atoms with Crippen molar-refractivity contribution in [1.29, 1.82) is 0 Å². The minimum absolute atomic E-state index is 0.0700. The number of nitrogens with one attached hydrogen (secondary N) is 2. The van der Waals surface area contributed by atoms with Crippen molar-refractivity contribution in [3.05, 3.63) is 29.0 Å². The van der Waals surface area contributed by atoms with Gasteiger partial charge in [-0.05, 0) is 13.8 Å². The molecule has 0 fully saturated rings. The fourth-order valence-electron chi connectivity index (χ4n) is 2.07. The van der Waals surface area contributed by atoms with Crippen molar-refractivity contribution in [2.75, 3.05) is 30.6 Å². The quantitative estimate of drug-likeness (QED) is 0.683. The fraction of sp³-hybridized carbons (Fsp3) is 0.353. The van der Waals surface area contributed by atoms with Crippen LogP contribution >= 0.6 is 23.4 Å². The summed E-state index contributed by atoms with van der Waals surface area (Å²) in [4.78, 5) is 24.4. The topological polar surface area (TPSA) is 103 Å². The Morgan fingerprint density at radius 2 is 1.93 bits per heavy atom. The largest absolute Gasteiger partial charge is 0.495 e. The van der Waals surface area contributed by atoms with Gasteiger partial charge >= 0.3 is 0 Å². The number of amides is 2. The highest BCUT2D eigenvalue weighted by molar-refractivity contribution is 8.01. The summed E-state index contributed by atoms with van der Waals surface area (Å²) in [7, 11) is 2.95. The van der Waals surface area contributed by atoms with E-state index in [-0.39, 0.29) is 17.6 Å². The molecule has 0 aliphatic carbocycles. The van der Waals surface area contributed by atoms with Crippen LogP contribution in [0.1, 0.15) is 12.7 Å². The molecule has 1 atom stereocenters. The summed E-state index contributed by atoms with van der Waals surface area (Å²) in [6, 6.07) is 4.74. The van der Waals surface area contributed by atoms with Crippen LogP contribution in [-0.2, 0) is 9.59 Å². The SMILES string of the molecule is COc1cc(NC(=O)CS[C@@H](C)C(=O)Nc2cc(C)on2)c(OC)cc1Cl. The Labute approximate surface area is 165 Å². The molecule has 146 valence electrons. The first-order chi connectivity index (χ1) is 12.8. The van der Waals surface area contributed by atoms with Crippen LogP contribution in [0.3, 0.4) is 0 Å². The normalized spacial score (nSPS) is 11.6. The van der Waals surface area contributed by atoms with E-state index in [1.54, 1.807) is 32.0 Å². The van der Waals surface area contributed by atoms with E-state index in [0.717, 1.165) is 0 Å².